The predicted octanol–water partition coefficient (Wildman–Crippen LogP) is 5.65. The fourth-order valence-electron chi connectivity index (χ4n) is 3.10. The largest absolute Gasteiger partial charge is 0.493 e. The van der Waals surface area contributed by atoms with Crippen molar-refractivity contribution in [2.24, 2.45) is 0 Å². The maximum absolute atomic E-state index is 14.4. The molecule has 1 amide bonds. The van der Waals surface area contributed by atoms with Gasteiger partial charge in [-0.15, -0.1) is 0 Å². The van der Waals surface area contributed by atoms with Gasteiger partial charge in [0.1, 0.15) is 12.4 Å². The number of carbonyl (C=O) groups excluding carboxylic acids is 1. The van der Waals surface area contributed by atoms with Gasteiger partial charge in [0, 0.05) is 36.4 Å². The summed E-state index contributed by atoms with van der Waals surface area (Å²) in [6, 6.07) is 16.6. The van der Waals surface area contributed by atoms with Crippen LogP contribution in [0.4, 0.5) is 10.1 Å². The van der Waals surface area contributed by atoms with Crippen molar-refractivity contribution in [3.63, 3.8) is 0 Å². The van der Waals surface area contributed by atoms with E-state index in [1.54, 1.807) is 62.1 Å². The third-order valence-electron chi connectivity index (χ3n) is 4.82. The summed E-state index contributed by atoms with van der Waals surface area (Å²) in [5, 5.41) is 2.76. The summed E-state index contributed by atoms with van der Waals surface area (Å²) in [7, 11) is 1.54. The Balaban J connectivity index is 1.38. The number of amides is 1. The number of halogens is 1. The first-order valence-electron chi connectivity index (χ1n) is 10.7. The normalized spacial score (nSPS) is 10.7. The Morgan fingerprint density at radius 3 is 2.54 bits per heavy atom. The Labute approximate surface area is 201 Å². The molecule has 2 aromatic heterocycles. The first kappa shape index (κ1) is 23.4. The minimum atomic E-state index is -0.553. The molecule has 4 rings (SSSR count). The van der Waals surface area contributed by atoms with Gasteiger partial charge in [-0.1, -0.05) is 6.07 Å². The minimum absolute atomic E-state index is 0.0668. The molecule has 0 unspecified atom stereocenters. The molecule has 2 heterocycles. The van der Waals surface area contributed by atoms with Crippen LogP contribution in [0.25, 0.3) is 6.08 Å². The Bertz CT molecular complexity index is 1310. The average molecular weight is 471 g/mol. The summed E-state index contributed by atoms with van der Waals surface area (Å²) in [5.41, 5.74) is 1.98. The standard InChI is InChI=1S/C27H22FN3O4/c1-33-25-8-6-21(16-26(25)34-18-20-10-13-29-14-11-20)31-27(32)9-5-19-4-7-24(23(28)15-19)35-22-3-2-12-30-17-22/h2-17H,18H2,1H3,(H,31,32)/b9-5+. The number of methoxy groups -OCH3 is 1. The second kappa shape index (κ2) is 11.4. The Morgan fingerprint density at radius 1 is 0.971 bits per heavy atom. The van der Waals surface area contributed by atoms with Crippen LogP contribution in [-0.4, -0.2) is 23.0 Å². The molecule has 0 saturated carbocycles. The molecule has 0 aliphatic carbocycles. The van der Waals surface area contributed by atoms with Crippen LogP contribution in [0, 0.1) is 5.82 Å². The molecule has 0 atom stereocenters. The van der Waals surface area contributed by atoms with E-state index in [4.69, 9.17) is 14.2 Å². The Morgan fingerprint density at radius 2 is 1.80 bits per heavy atom. The van der Waals surface area contributed by atoms with Crippen LogP contribution in [0.5, 0.6) is 23.0 Å². The number of nitrogens with one attached hydrogen (secondary N) is 1. The van der Waals surface area contributed by atoms with Crippen molar-refractivity contribution in [2.45, 2.75) is 6.61 Å². The molecule has 7 nitrogen and oxygen atoms in total. The second-order valence-electron chi connectivity index (χ2n) is 7.31. The monoisotopic (exact) mass is 471 g/mol. The lowest BCUT2D eigenvalue weighted by Gasteiger charge is -2.12. The molecule has 8 heteroatoms. The van der Waals surface area contributed by atoms with Gasteiger partial charge >= 0.3 is 0 Å². The predicted molar refractivity (Wildman–Crippen MR) is 130 cm³/mol. The smallest absolute Gasteiger partial charge is 0.248 e. The van der Waals surface area contributed by atoms with Crippen molar-refractivity contribution < 1.29 is 23.4 Å². The van der Waals surface area contributed by atoms with Gasteiger partial charge in [-0.25, -0.2) is 4.39 Å². The quantitative estimate of drug-likeness (QED) is 0.318. The summed E-state index contributed by atoms with van der Waals surface area (Å²) in [4.78, 5) is 20.3. The zero-order chi connectivity index (χ0) is 24.5. The number of ether oxygens (including phenoxy) is 3. The maximum atomic E-state index is 14.4. The molecule has 0 aliphatic heterocycles. The summed E-state index contributed by atoms with van der Waals surface area (Å²) < 4.78 is 31.1. The molecule has 4 aromatic rings. The lowest BCUT2D eigenvalue weighted by atomic mass is 10.2. The number of nitrogens with zero attached hydrogens (tertiary/aromatic N) is 2. The zero-order valence-electron chi connectivity index (χ0n) is 18.9. The third-order valence-corrected chi connectivity index (χ3v) is 4.82. The van der Waals surface area contributed by atoms with Crippen LogP contribution in [0.3, 0.4) is 0 Å². The van der Waals surface area contributed by atoms with E-state index in [-0.39, 0.29) is 11.7 Å². The second-order valence-corrected chi connectivity index (χ2v) is 7.31. The van der Waals surface area contributed by atoms with Crippen LogP contribution in [0.15, 0.2) is 91.5 Å². The van der Waals surface area contributed by atoms with Crippen LogP contribution >= 0.6 is 0 Å². The number of benzene rings is 2. The van der Waals surface area contributed by atoms with Gasteiger partial charge in [-0.3, -0.25) is 14.8 Å². The van der Waals surface area contributed by atoms with E-state index in [1.165, 1.54) is 30.5 Å². The number of hydrogen-bond acceptors (Lipinski definition) is 6. The number of rotatable bonds is 9. The topological polar surface area (TPSA) is 82.6 Å². The van der Waals surface area contributed by atoms with Gasteiger partial charge in [-0.05, 0) is 65.7 Å². The molecule has 0 radical (unpaired) electrons. The highest BCUT2D eigenvalue weighted by Crippen LogP contribution is 2.31. The van der Waals surface area contributed by atoms with E-state index >= 15 is 0 Å². The molecule has 0 saturated heterocycles. The number of hydrogen-bond donors (Lipinski definition) is 1. The number of anilines is 1. The maximum Gasteiger partial charge on any atom is 0.248 e. The van der Waals surface area contributed by atoms with Gasteiger partial charge in [0.25, 0.3) is 0 Å². The molecule has 1 N–H and O–H groups in total. The average Bonchev–Trinajstić information content (AvgIpc) is 2.89. The summed E-state index contributed by atoms with van der Waals surface area (Å²) in [6.07, 6.45) is 9.30. The van der Waals surface area contributed by atoms with Crippen molar-refractivity contribution in [2.75, 3.05) is 12.4 Å². The molecule has 35 heavy (non-hydrogen) atoms. The fourth-order valence-corrected chi connectivity index (χ4v) is 3.10. The first-order chi connectivity index (χ1) is 17.1. The molecule has 2 aromatic carbocycles. The third kappa shape index (κ3) is 6.64. The van der Waals surface area contributed by atoms with Gasteiger partial charge in [0.2, 0.25) is 5.91 Å². The Hall–Kier alpha value is -4.72. The molecule has 0 bridgehead atoms. The highest BCUT2D eigenvalue weighted by molar-refractivity contribution is 6.02. The highest BCUT2D eigenvalue weighted by atomic mass is 19.1. The van der Waals surface area contributed by atoms with E-state index < -0.39 is 5.82 Å². The lowest BCUT2D eigenvalue weighted by Crippen LogP contribution is -2.08. The van der Waals surface area contributed by atoms with Crippen LogP contribution in [-0.2, 0) is 11.4 Å². The molecule has 0 spiro atoms. The summed E-state index contributed by atoms with van der Waals surface area (Å²) >= 11 is 0. The number of aromatic nitrogens is 2. The highest BCUT2D eigenvalue weighted by Gasteiger charge is 2.09. The number of carbonyl (C=O) groups is 1. The van der Waals surface area contributed by atoms with Gasteiger partial charge < -0.3 is 19.5 Å². The lowest BCUT2D eigenvalue weighted by molar-refractivity contribution is -0.111. The van der Waals surface area contributed by atoms with Gasteiger partial charge in [-0.2, -0.15) is 0 Å². The fraction of sp³-hybridized carbons (Fsp3) is 0.0741. The molecule has 0 aliphatic rings. The first-order valence-corrected chi connectivity index (χ1v) is 10.7. The van der Waals surface area contributed by atoms with Crippen LogP contribution in [0.1, 0.15) is 11.1 Å². The van der Waals surface area contributed by atoms with Gasteiger partial charge in [0.05, 0.1) is 13.3 Å². The van der Waals surface area contributed by atoms with E-state index in [1.807, 2.05) is 12.1 Å². The van der Waals surface area contributed by atoms with E-state index in [9.17, 15) is 9.18 Å². The van der Waals surface area contributed by atoms with Crippen LogP contribution < -0.4 is 19.5 Å². The van der Waals surface area contributed by atoms with Crippen LogP contribution in [0.2, 0.25) is 0 Å². The van der Waals surface area contributed by atoms with Crippen molar-refractivity contribution in [3.05, 3.63) is 108 Å². The molecular weight excluding hydrogens is 449 g/mol. The minimum Gasteiger partial charge on any atom is -0.493 e. The number of pyridine rings is 2. The molecule has 176 valence electrons. The van der Waals surface area contributed by atoms with E-state index in [2.05, 4.69) is 15.3 Å². The van der Waals surface area contributed by atoms with Gasteiger partial charge in [0.15, 0.2) is 23.1 Å². The van der Waals surface area contributed by atoms with Crippen molar-refractivity contribution >= 4 is 17.7 Å². The van der Waals surface area contributed by atoms with Crippen molar-refractivity contribution in [3.8, 4) is 23.0 Å². The SMILES string of the molecule is COc1ccc(NC(=O)/C=C/c2ccc(Oc3cccnc3)c(F)c2)cc1OCc1ccncc1. The summed E-state index contributed by atoms with van der Waals surface area (Å²) in [5.74, 6) is 0.581. The zero-order valence-corrected chi connectivity index (χ0v) is 18.9. The van der Waals surface area contributed by atoms with Crippen molar-refractivity contribution in [1.82, 2.24) is 9.97 Å². The Kier molecular flexibility index (Phi) is 7.65. The van der Waals surface area contributed by atoms with E-state index in [0.717, 1.165) is 5.56 Å². The summed E-state index contributed by atoms with van der Waals surface area (Å²) in [6.45, 7) is 0.322. The van der Waals surface area contributed by atoms with Crippen molar-refractivity contribution in [1.29, 1.82) is 0 Å². The molecular formula is C27H22FN3O4. The van der Waals surface area contributed by atoms with E-state index in [0.29, 0.717) is 35.1 Å². The molecule has 0 fully saturated rings.